The van der Waals surface area contributed by atoms with E-state index in [0.29, 0.717) is 23.9 Å². The van der Waals surface area contributed by atoms with Crippen molar-refractivity contribution in [1.29, 1.82) is 0 Å². The molecule has 8 heteroatoms. The molecule has 0 radical (unpaired) electrons. The normalized spacial score (nSPS) is 10.8. The van der Waals surface area contributed by atoms with E-state index in [2.05, 4.69) is 30.8 Å². The number of aromatic nitrogens is 5. The van der Waals surface area contributed by atoms with Crippen molar-refractivity contribution in [3.63, 3.8) is 0 Å². The Labute approximate surface area is 161 Å². The number of carbonyl (C=O) groups excluding carboxylic acids is 1. The lowest BCUT2D eigenvalue weighted by Gasteiger charge is -2.08. The number of rotatable bonds is 5. The zero-order valence-corrected chi connectivity index (χ0v) is 15.5. The summed E-state index contributed by atoms with van der Waals surface area (Å²) in [5.41, 5.74) is 3.90. The highest BCUT2D eigenvalue weighted by molar-refractivity contribution is 5.94. The number of benzene rings is 1. The van der Waals surface area contributed by atoms with Gasteiger partial charge in [0.2, 0.25) is 5.95 Å². The minimum atomic E-state index is -0.179. The molecule has 0 fully saturated rings. The predicted octanol–water partition coefficient (Wildman–Crippen LogP) is 2.81. The molecule has 0 saturated carbocycles. The molecule has 8 nitrogen and oxygen atoms in total. The quantitative estimate of drug-likeness (QED) is 0.558. The van der Waals surface area contributed by atoms with Crippen molar-refractivity contribution in [3.8, 4) is 0 Å². The fourth-order valence-electron chi connectivity index (χ4n) is 2.89. The molecule has 0 aliphatic carbocycles. The van der Waals surface area contributed by atoms with E-state index < -0.39 is 0 Å². The monoisotopic (exact) mass is 373 g/mol. The molecule has 2 N–H and O–H groups in total. The molecule has 0 saturated heterocycles. The summed E-state index contributed by atoms with van der Waals surface area (Å²) in [5.74, 6) is 1.03. The number of carbonyl (C=O) groups is 1. The summed E-state index contributed by atoms with van der Waals surface area (Å²) in [4.78, 5) is 21.1. The van der Waals surface area contributed by atoms with Gasteiger partial charge in [-0.25, -0.2) is 9.97 Å². The molecule has 0 aliphatic heterocycles. The molecule has 0 atom stereocenters. The first-order valence-corrected chi connectivity index (χ1v) is 8.85. The third-order valence-corrected chi connectivity index (χ3v) is 4.18. The highest BCUT2D eigenvalue weighted by Gasteiger charge is 2.09. The fourth-order valence-corrected chi connectivity index (χ4v) is 2.89. The Morgan fingerprint density at radius 1 is 1.00 bits per heavy atom. The van der Waals surface area contributed by atoms with E-state index in [1.807, 2.05) is 60.8 Å². The summed E-state index contributed by atoms with van der Waals surface area (Å²) < 4.78 is 1.84. The van der Waals surface area contributed by atoms with E-state index in [-0.39, 0.29) is 5.91 Å². The van der Waals surface area contributed by atoms with E-state index in [4.69, 9.17) is 0 Å². The summed E-state index contributed by atoms with van der Waals surface area (Å²) in [6.45, 7) is 4.14. The number of nitrogens with zero attached hydrogens (tertiary/aromatic N) is 5. The van der Waals surface area contributed by atoms with Crippen LogP contribution in [0.1, 0.15) is 27.6 Å². The van der Waals surface area contributed by atoms with E-state index in [1.165, 1.54) is 0 Å². The van der Waals surface area contributed by atoms with E-state index >= 15 is 0 Å². The number of pyridine rings is 1. The maximum absolute atomic E-state index is 12.4. The Morgan fingerprint density at radius 3 is 2.50 bits per heavy atom. The van der Waals surface area contributed by atoms with Crippen LogP contribution < -0.4 is 10.6 Å². The van der Waals surface area contributed by atoms with Crippen molar-refractivity contribution >= 4 is 23.2 Å². The lowest BCUT2D eigenvalue weighted by molar-refractivity contribution is 0.0950. The third kappa shape index (κ3) is 3.80. The minimum absolute atomic E-state index is 0.179. The molecule has 28 heavy (non-hydrogen) atoms. The summed E-state index contributed by atoms with van der Waals surface area (Å²) in [5, 5.41) is 14.2. The van der Waals surface area contributed by atoms with Crippen molar-refractivity contribution < 1.29 is 4.79 Å². The second kappa shape index (κ2) is 7.43. The highest BCUT2D eigenvalue weighted by atomic mass is 16.1. The lowest BCUT2D eigenvalue weighted by Crippen LogP contribution is -2.23. The summed E-state index contributed by atoms with van der Waals surface area (Å²) in [7, 11) is 0. The van der Waals surface area contributed by atoms with Gasteiger partial charge in [-0.05, 0) is 56.3 Å². The zero-order valence-electron chi connectivity index (χ0n) is 15.5. The van der Waals surface area contributed by atoms with Gasteiger partial charge in [-0.2, -0.15) is 0 Å². The SMILES string of the molecule is Cc1cc(C)nc(Nc2ccc(C(=O)NCc3nnc4ccccn34)cc2)n1. The van der Waals surface area contributed by atoms with Crippen molar-refractivity contribution in [3.05, 3.63) is 77.5 Å². The van der Waals surface area contributed by atoms with Gasteiger partial charge in [0, 0.05) is 28.8 Å². The van der Waals surface area contributed by atoms with Gasteiger partial charge in [-0.15, -0.1) is 10.2 Å². The molecule has 4 aromatic rings. The van der Waals surface area contributed by atoms with Crippen LogP contribution in [-0.2, 0) is 6.54 Å². The molecule has 1 amide bonds. The average Bonchev–Trinajstić information content (AvgIpc) is 3.09. The van der Waals surface area contributed by atoms with Crippen LogP contribution >= 0.6 is 0 Å². The van der Waals surface area contributed by atoms with Crippen LogP contribution in [0.5, 0.6) is 0 Å². The molecule has 140 valence electrons. The number of anilines is 2. The Morgan fingerprint density at radius 2 is 1.75 bits per heavy atom. The first-order chi connectivity index (χ1) is 13.6. The Hall–Kier alpha value is -3.81. The van der Waals surface area contributed by atoms with Gasteiger partial charge in [0.15, 0.2) is 11.5 Å². The van der Waals surface area contributed by atoms with Crippen molar-refractivity contribution in [2.24, 2.45) is 0 Å². The van der Waals surface area contributed by atoms with Crippen LogP contribution in [0.2, 0.25) is 0 Å². The Kier molecular flexibility index (Phi) is 4.67. The molecule has 0 aliphatic rings. The maximum atomic E-state index is 12.4. The van der Waals surface area contributed by atoms with Crippen LogP contribution in [0.15, 0.2) is 54.7 Å². The topological polar surface area (TPSA) is 97.1 Å². The predicted molar refractivity (Wildman–Crippen MR) is 105 cm³/mol. The minimum Gasteiger partial charge on any atom is -0.345 e. The number of hydrogen-bond donors (Lipinski definition) is 2. The smallest absolute Gasteiger partial charge is 0.251 e. The second-order valence-corrected chi connectivity index (χ2v) is 6.40. The molecule has 0 spiro atoms. The number of nitrogens with one attached hydrogen (secondary N) is 2. The Bertz CT molecular complexity index is 1110. The van der Waals surface area contributed by atoms with E-state index in [1.54, 1.807) is 12.1 Å². The summed E-state index contributed by atoms with van der Waals surface area (Å²) in [6, 6.07) is 14.7. The van der Waals surface area contributed by atoms with Crippen molar-refractivity contribution in [2.45, 2.75) is 20.4 Å². The van der Waals surface area contributed by atoms with Gasteiger partial charge in [-0.3, -0.25) is 9.20 Å². The second-order valence-electron chi connectivity index (χ2n) is 6.40. The molecule has 3 aromatic heterocycles. The lowest BCUT2D eigenvalue weighted by atomic mass is 10.2. The highest BCUT2D eigenvalue weighted by Crippen LogP contribution is 2.15. The molecule has 0 unspecified atom stereocenters. The summed E-state index contributed by atoms with van der Waals surface area (Å²) in [6.07, 6.45) is 1.87. The number of fused-ring (bicyclic) bond motifs is 1. The van der Waals surface area contributed by atoms with Gasteiger partial charge in [0.05, 0.1) is 6.54 Å². The summed E-state index contributed by atoms with van der Waals surface area (Å²) >= 11 is 0. The van der Waals surface area contributed by atoms with Crippen LogP contribution in [-0.4, -0.2) is 30.5 Å². The zero-order chi connectivity index (χ0) is 19.5. The van der Waals surface area contributed by atoms with E-state index in [0.717, 1.165) is 22.7 Å². The number of aryl methyl sites for hydroxylation is 2. The fraction of sp³-hybridized carbons (Fsp3) is 0.150. The molecule has 0 bridgehead atoms. The molecule has 3 heterocycles. The first-order valence-electron chi connectivity index (χ1n) is 8.85. The van der Waals surface area contributed by atoms with Crippen LogP contribution in [0.3, 0.4) is 0 Å². The van der Waals surface area contributed by atoms with E-state index in [9.17, 15) is 4.79 Å². The van der Waals surface area contributed by atoms with Crippen molar-refractivity contribution in [1.82, 2.24) is 29.9 Å². The van der Waals surface area contributed by atoms with Gasteiger partial charge >= 0.3 is 0 Å². The molecule has 1 aromatic carbocycles. The standard InChI is InChI=1S/C20H19N7O/c1-13-11-14(2)23-20(22-13)24-16-8-6-15(7-9-16)19(28)21-12-18-26-25-17-5-3-4-10-27(17)18/h3-11H,12H2,1-2H3,(H,21,28)(H,22,23,24). The van der Waals surface area contributed by atoms with Crippen LogP contribution in [0.4, 0.5) is 11.6 Å². The van der Waals surface area contributed by atoms with Crippen LogP contribution in [0, 0.1) is 13.8 Å². The van der Waals surface area contributed by atoms with Crippen LogP contribution in [0.25, 0.3) is 5.65 Å². The number of amides is 1. The Balaban J connectivity index is 1.41. The molecular weight excluding hydrogens is 354 g/mol. The average molecular weight is 373 g/mol. The molecule has 4 rings (SSSR count). The van der Waals surface area contributed by atoms with Crippen molar-refractivity contribution in [2.75, 3.05) is 5.32 Å². The van der Waals surface area contributed by atoms with Gasteiger partial charge in [0.25, 0.3) is 5.91 Å². The molecular formula is C20H19N7O. The van der Waals surface area contributed by atoms with Gasteiger partial charge in [-0.1, -0.05) is 6.07 Å². The largest absolute Gasteiger partial charge is 0.345 e. The maximum Gasteiger partial charge on any atom is 0.251 e. The number of hydrogen-bond acceptors (Lipinski definition) is 6. The van der Waals surface area contributed by atoms with Gasteiger partial charge in [0.1, 0.15) is 0 Å². The first kappa shape index (κ1) is 17.6. The third-order valence-electron chi connectivity index (χ3n) is 4.18. The van der Waals surface area contributed by atoms with Gasteiger partial charge < -0.3 is 10.6 Å².